The monoisotopic (exact) mass is 513 g/mol. The fourth-order valence-corrected chi connectivity index (χ4v) is 4.77. The third-order valence-corrected chi connectivity index (χ3v) is 7.04. The largest absolute Gasteiger partial charge is 0.355 e. The fourth-order valence-electron chi connectivity index (χ4n) is 3.47. The van der Waals surface area contributed by atoms with E-state index in [0.29, 0.717) is 19.4 Å². The second-order valence-corrected chi connectivity index (χ2v) is 10.2. The lowest BCUT2D eigenvalue weighted by atomic mass is 10.1. The van der Waals surface area contributed by atoms with Gasteiger partial charge in [-0.15, -0.1) is 0 Å². The summed E-state index contributed by atoms with van der Waals surface area (Å²) in [6.45, 7) is 3.77. The van der Waals surface area contributed by atoms with Gasteiger partial charge in [-0.2, -0.15) is 0 Å². The van der Waals surface area contributed by atoms with Gasteiger partial charge in [0, 0.05) is 13.1 Å². The van der Waals surface area contributed by atoms with Crippen LogP contribution in [0.1, 0.15) is 25.8 Å². The molecule has 0 spiro atoms. The minimum absolute atomic E-state index is 0.0315. The highest BCUT2D eigenvalue weighted by molar-refractivity contribution is 7.92. The SMILES string of the molecule is CCNC(=O)[C@H](CC)N(CCc1ccccc1)C(=O)CN(c1cccc(Cl)c1Cl)S(C)(=O)=O. The Morgan fingerprint density at radius 1 is 1.03 bits per heavy atom. The molecule has 2 amide bonds. The lowest BCUT2D eigenvalue weighted by molar-refractivity contribution is -0.139. The van der Waals surface area contributed by atoms with Crippen LogP contribution in [0.4, 0.5) is 5.69 Å². The molecular formula is C23H29Cl2N3O4S. The summed E-state index contributed by atoms with van der Waals surface area (Å²) in [6, 6.07) is 13.4. The predicted molar refractivity (Wildman–Crippen MR) is 133 cm³/mol. The van der Waals surface area contributed by atoms with Crippen molar-refractivity contribution in [1.82, 2.24) is 10.2 Å². The van der Waals surface area contributed by atoms with E-state index in [-0.39, 0.29) is 28.2 Å². The van der Waals surface area contributed by atoms with Gasteiger partial charge in [0.25, 0.3) is 0 Å². The molecule has 7 nitrogen and oxygen atoms in total. The van der Waals surface area contributed by atoms with Crippen molar-refractivity contribution >= 4 is 50.7 Å². The smallest absolute Gasteiger partial charge is 0.244 e. The van der Waals surface area contributed by atoms with E-state index < -0.39 is 28.5 Å². The van der Waals surface area contributed by atoms with Crippen LogP contribution in [-0.2, 0) is 26.0 Å². The first-order valence-electron chi connectivity index (χ1n) is 10.6. The van der Waals surface area contributed by atoms with Gasteiger partial charge in [0.15, 0.2) is 0 Å². The number of likely N-dealkylation sites (N-methyl/N-ethyl adjacent to an activating group) is 1. The van der Waals surface area contributed by atoms with Crippen molar-refractivity contribution in [1.29, 1.82) is 0 Å². The van der Waals surface area contributed by atoms with Gasteiger partial charge >= 0.3 is 0 Å². The number of nitrogens with one attached hydrogen (secondary N) is 1. The van der Waals surface area contributed by atoms with Gasteiger partial charge in [0.2, 0.25) is 21.8 Å². The molecular weight excluding hydrogens is 485 g/mol. The molecule has 0 radical (unpaired) electrons. The van der Waals surface area contributed by atoms with Crippen LogP contribution >= 0.6 is 23.2 Å². The number of rotatable bonds is 11. The van der Waals surface area contributed by atoms with Gasteiger partial charge in [-0.1, -0.05) is 66.5 Å². The maximum Gasteiger partial charge on any atom is 0.244 e. The third kappa shape index (κ3) is 7.35. The average Bonchev–Trinajstić information content (AvgIpc) is 2.77. The molecule has 33 heavy (non-hydrogen) atoms. The van der Waals surface area contributed by atoms with Crippen molar-refractivity contribution in [2.75, 3.05) is 30.2 Å². The molecule has 0 saturated carbocycles. The van der Waals surface area contributed by atoms with Crippen LogP contribution in [0.2, 0.25) is 10.0 Å². The molecule has 180 valence electrons. The Morgan fingerprint density at radius 3 is 2.27 bits per heavy atom. The zero-order valence-electron chi connectivity index (χ0n) is 18.9. The van der Waals surface area contributed by atoms with Crippen LogP contribution < -0.4 is 9.62 Å². The molecule has 0 fully saturated rings. The number of hydrogen-bond donors (Lipinski definition) is 1. The number of benzene rings is 2. The van der Waals surface area contributed by atoms with Crippen LogP contribution in [0.15, 0.2) is 48.5 Å². The second-order valence-electron chi connectivity index (χ2n) is 7.48. The summed E-state index contributed by atoms with van der Waals surface area (Å²) in [5.41, 5.74) is 1.10. The summed E-state index contributed by atoms with van der Waals surface area (Å²) in [5, 5.41) is 2.96. The average molecular weight is 514 g/mol. The summed E-state index contributed by atoms with van der Waals surface area (Å²) in [5.74, 6) is -0.793. The van der Waals surface area contributed by atoms with E-state index in [2.05, 4.69) is 5.32 Å². The molecule has 2 aromatic rings. The summed E-state index contributed by atoms with van der Waals surface area (Å²) >= 11 is 12.3. The molecule has 0 saturated heterocycles. The van der Waals surface area contributed by atoms with E-state index in [4.69, 9.17) is 23.2 Å². The zero-order chi connectivity index (χ0) is 24.6. The summed E-state index contributed by atoms with van der Waals surface area (Å²) < 4.78 is 26.1. The van der Waals surface area contributed by atoms with Crippen LogP contribution in [0.25, 0.3) is 0 Å². The molecule has 0 aliphatic carbocycles. The molecule has 0 aliphatic rings. The quantitative estimate of drug-likeness (QED) is 0.495. The number of hydrogen-bond acceptors (Lipinski definition) is 4. The minimum Gasteiger partial charge on any atom is -0.355 e. The predicted octanol–water partition coefficient (Wildman–Crippen LogP) is 3.75. The highest BCUT2D eigenvalue weighted by atomic mass is 35.5. The van der Waals surface area contributed by atoms with Crippen LogP contribution in [0.3, 0.4) is 0 Å². The number of carbonyl (C=O) groups is 2. The van der Waals surface area contributed by atoms with Crippen molar-refractivity contribution in [2.24, 2.45) is 0 Å². The lowest BCUT2D eigenvalue weighted by Gasteiger charge is -2.33. The Bertz CT molecular complexity index is 1060. The molecule has 0 unspecified atom stereocenters. The Hall–Kier alpha value is -2.29. The number of amides is 2. The van der Waals surface area contributed by atoms with E-state index in [1.54, 1.807) is 13.0 Å². The first-order valence-corrected chi connectivity index (χ1v) is 13.2. The van der Waals surface area contributed by atoms with Gasteiger partial charge in [0.1, 0.15) is 12.6 Å². The third-order valence-electron chi connectivity index (χ3n) is 5.10. The highest BCUT2D eigenvalue weighted by Crippen LogP contribution is 2.33. The van der Waals surface area contributed by atoms with Gasteiger partial charge in [0.05, 0.1) is 22.0 Å². The fraction of sp³-hybridized carbons (Fsp3) is 0.391. The van der Waals surface area contributed by atoms with Gasteiger partial charge < -0.3 is 10.2 Å². The Labute approximate surface area is 205 Å². The van der Waals surface area contributed by atoms with Crippen molar-refractivity contribution in [3.05, 3.63) is 64.1 Å². The lowest BCUT2D eigenvalue weighted by Crippen LogP contribution is -2.53. The standard InChI is InChI=1S/C23H29Cl2N3O4S/c1-4-19(23(30)26-5-2)27(15-14-17-10-7-6-8-11-17)21(29)16-28(33(3,31)32)20-13-9-12-18(24)22(20)25/h6-13,19H,4-5,14-16H2,1-3H3,(H,26,30)/t19-/m0/s1. The molecule has 0 aromatic heterocycles. The maximum atomic E-state index is 13.5. The topological polar surface area (TPSA) is 86.8 Å². The molecule has 0 heterocycles. The maximum absolute atomic E-state index is 13.5. The first-order chi connectivity index (χ1) is 15.6. The first kappa shape index (κ1) is 27.0. The number of anilines is 1. The van der Waals surface area contributed by atoms with Crippen LogP contribution in [0, 0.1) is 0 Å². The minimum atomic E-state index is -3.87. The van der Waals surface area contributed by atoms with Crippen molar-refractivity contribution in [3.8, 4) is 0 Å². The number of carbonyl (C=O) groups excluding carboxylic acids is 2. The number of nitrogens with zero attached hydrogens (tertiary/aromatic N) is 2. The van der Waals surface area contributed by atoms with Gasteiger partial charge in [-0.05, 0) is 37.5 Å². The Morgan fingerprint density at radius 2 is 1.70 bits per heavy atom. The number of halogens is 2. The van der Waals surface area contributed by atoms with E-state index in [0.717, 1.165) is 16.1 Å². The van der Waals surface area contributed by atoms with Crippen molar-refractivity contribution < 1.29 is 18.0 Å². The van der Waals surface area contributed by atoms with E-state index in [9.17, 15) is 18.0 Å². The van der Waals surface area contributed by atoms with Gasteiger partial charge in [-0.25, -0.2) is 8.42 Å². The van der Waals surface area contributed by atoms with E-state index in [1.807, 2.05) is 37.3 Å². The summed E-state index contributed by atoms with van der Waals surface area (Å²) in [7, 11) is -3.87. The van der Waals surface area contributed by atoms with Crippen molar-refractivity contribution in [2.45, 2.75) is 32.7 Å². The molecule has 10 heteroatoms. The molecule has 2 rings (SSSR count). The van der Waals surface area contributed by atoms with Crippen LogP contribution in [-0.4, -0.2) is 57.1 Å². The molecule has 0 bridgehead atoms. The molecule has 1 N–H and O–H groups in total. The number of sulfonamides is 1. The van der Waals surface area contributed by atoms with E-state index in [1.165, 1.54) is 17.0 Å². The van der Waals surface area contributed by atoms with Gasteiger partial charge in [-0.3, -0.25) is 13.9 Å². The second kappa shape index (κ2) is 12.3. The zero-order valence-corrected chi connectivity index (χ0v) is 21.3. The Kier molecular flexibility index (Phi) is 10.0. The molecule has 2 aromatic carbocycles. The van der Waals surface area contributed by atoms with E-state index >= 15 is 0 Å². The Balaban J connectivity index is 2.39. The van der Waals surface area contributed by atoms with Crippen LogP contribution in [0.5, 0.6) is 0 Å². The molecule has 1 atom stereocenters. The summed E-state index contributed by atoms with van der Waals surface area (Å²) in [6.07, 6.45) is 1.88. The molecule has 0 aliphatic heterocycles. The van der Waals surface area contributed by atoms with Crippen molar-refractivity contribution in [3.63, 3.8) is 0 Å². The normalized spacial score (nSPS) is 12.2. The highest BCUT2D eigenvalue weighted by Gasteiger charge is 2.32. The summed E-state index contributed by atoms with van der Waals surface area (Å²) in [4.78, 5) is 27.6.